The van der Waals surface area contributed by atoms with Crippen LogP contribution in [0.1, 0.15) is 47.7 Å². The molecule has 2 atom stereocenters. The van der Waals surface area contributed by atoms with Crippen LogP contribution in [0.2, 0.25) is 0 Å². The van der Waals surface area contributed by atoms with Gasteiger partial charge in [-0.15, -0.1) is 0 Å². The molecule has 3 rings (SSSR count). The molecule has 20 heavy (non-hydrogen) atoms. The normalized spacial score (nSPS) is 18.8. The zero-order chi connectivity index (χ0) is 14.1. The van der Waals surface area contributed by atoms with E-state index in [1.807, 2.05) is 6.07 Å². The Hall–Kier alpha value is -1.80. The number of hydrogen-bond donors (Lipinski definition) is 2. The van der Waals surface area contributed by atoms with Crippen molar-refractivity contribution in [2.75, 3.05) is 0 Å². The lowest BCUT2D eigenvalue weighted by molar-refractivity contribution is 0.464. The Morgan fingerprint density at radius 1 is 1.15 bits per heavy atom. The third kappa shape index (κ3) is 2.32. The Morgan fingerprint density at radius 3 is 2.75 bits per heavy atom. The number of phenolic OH excluding ortho intramolecular Hbond substituents is 1. The first-order valence-corrected chi connectivity index (χ1v) is 7.29. The highest BCUT2D eigenvalue weighted by Crippen LogP contribution is 2.37. The molecule has 0 amide bonds. The van der Waals surface area contributed by atoms with E-state index in [1.165, 1.54) is 16.7 Å². The number of aromatic hydroxyl groups is 1. The van der Waals surface area contributed by atoms with Gasteiger partial charge in [-0.2, -0.15) is 0 Å². The average Bonchev–Trinajstić information content (AvgIpc) is 2.84. The summed E-state index contributed by atoms with van der Waals surface area (Å²) in [5, 5.41) is 13.6. The maximum Gasteiger partial charge on any atom is 0.119 e. The smallest absolute Gasteiger partial charge is 0.119 e. The predicted molar refractivity (Wildman–Crippen MR) is 81.9 cm³/mol. The first-order chi connectivity index (χ1) is 9.66. The number of rotatable bonds is 3. The molecular weight excluding hydrogens is 246 g/mol. The molecule has 2 aromatic carbocycles. The van der Waals surface area contributed by atoms with Crippen LogP contribution in [-0.2, 0) is 6.42 Å². The second kappa shape index (κ2) is 5.29. The van der Waals surface area contributed by atoms with Gasteiger partial charge < -0.3 is 10.4 Å². The van der Waals surface area contributed by atoms with Crippen molar-refractivity contribution in [3.63, 3.8) is 0 Å². The van der Waals surface area contributed by atoms with Gasteiger partial charge in [0.25, 0.3) is 0 Å². The molecule has 0 radical (unpaired) electrons. The topological polar surface area (TPSA) is 32.3 Å². The van der Waals surface area contributed by atoms with E-state index in [4.69, 9.17) is 0 Å². The molecule has 0 heterocycles. The molecule has 0 saturated heterocycles. The molecule has 2 unspecified atom stereocenters. The maximum atomic E-state index is 9.92. The van der Waals surface area contributed by atoms with E-state index in [-0.39, 0.29) is 0 Å². The van der Waals surface area contributed by atoms with Crippen LogP contribution in [0.4, 0.5) is 0 Å². The van der Waals surface area contributed by atoms with Crippen LogP contribution in [0, 0.1) is 6.92 Å². The Morgan fingerprint density at radius 2 is 1.95 bits per heavy atom. The highest BCUT2D eigenvalue weighted by Gasteiger charge is 2.25. The quantitative estimate of drug-likeness (QED) is 0.879. The molecule has 0 bridgehead atoms. The van der Waals surface area contributed by atoms with Gasteiger partial charge in [0.1, 0.15) is 5.75 Å². The third-order valence-corrected chi connectivity index (χ3v) is 4.35. The monoisotopic (exact) mass is 267 g/mol. The van der Waals surface area contributed by atoms with E-state index in [0.717, 1.165) is 18.4 Å². The van der Waals surface area contributed by atoms with Crippen molar-refractivity contribution in [2.45, 2.75) is 38.8 Å². The largest absolute Gasteiger partial charge is 0.508 e. The predicted octanol–water partition coefficient (Wildman–Crippen LogP) is 4.04. The van der Waals surface area contributed by atoms with Crippen LogP contribution in [0.3, 0.4) is 0 Å². The lowest BCUT2D eigenvalue weighted by Crippen LogP contribution is -2.23. The lowest BCUT2D eigenvalue weighted by Gasteiger charge is -2.22. The minimum Gasteiger partial charge on any atom is -0.508 e. The van der Waals surface area contributed by atoms with Gasteiger partial charge in [-0.05, 0) is 55.0 Å². The van der Waals surface area contributed by atoms with Crippen molar-refractivity contribution in [3.05, 3.63) is 64.7 Å². The maximum absolute atomic E-state index is 9.92. The van der Waals surface area contributed by atoms with Crippen LogP contribution in [0.25, 0.3) is 0 Å². The number of aryl methyl sites for hydroxylation is 1. The second-order valence-corrected chi connectivity index (χ2v) is 5.68. The van der Waals surface area contributed by atoms with E-state index < -0.39 is 0 Å². The molecule has 1 aliphatic rings. The van der Waals surface area contributed by atoms with Crippen molar-refractivity contribution in [1.29, 1.82) is 0 Å². The number of hydrogen-bond acceptors (Lipinski definition) is 2. The van der Waals surface area contributed by atoms with Gasteiger partial charge in [0.05, 0.1) is 0 Å². The van der Waals surface area contributed by atoms with Crippen molar-refractivity contribution in [1.82, 2.24) is 5.32 Å². The van der Waals surface area contributed by atoms with Crippen LogP contribution >= 0.6 is 0 Å². The van der Waals surface area contributed by atoms with Crippen LogP contribution in [-0.4, -0.2) is 5.11 Å². The second-order valence-electron chi connectivity index (χ2n) is 5.68. The average molecular weight is 267 g/mol. The lowest BCUT2D eigenvalue weighted by atomic mass is 10.0. The van der Waals surface area contributed by atoms with E-state index in [0.29, 0.717) is 17.8 Å². The summed E-state index contributed by atoms with van der Waals surface area (Å²) < 4.78 is 0. The fourth-order valence-electron chi connectivity index (χ4n) is 3.27. The molecule has 0 aliphatic heterocycles. The SMILES string of the molecule is Cc1ccccc1C(C)NC1CCc2c(O)cccc21. The minimum absolute atomic E-state index is 0.314. The van der Waals surface area contributed by atoms with Crippen molar-refractivity contribution in [3.8, 4) is 5.75 Å². The summed E-state index contributed by atoms with van der Waals surface area (Å²) in [4.78, 5) is 0. The molecule has 2 nitrogen and oxygen atoms in total. The Kier molecular flexibility index (Phi) is 3.49. The molecule has 0 spiro atoms. The fourth-order valence-corrected chi connectivity index (χ4v) is 3.27. The first kappa shape index (κ1) is 13.2. The zero-order valence-electron chi connectivity index (χ0n) is 12.1. The summed E-state index contributed by atoms with van der Waals surface area (Å²) >= 11 is 0. The Bertz CT molecular complexity index is 621. The Balaban J connectivity index is 1.81. The van der Waals surface area contributed by atoms with Crippen molar-refractivity contribution in [2.24, 2.45) is 0 Å². The summed E-state index contributed by atoms with van der Waals surface area (Å²) in [6.45, 7) is 4.37. The third-order valence-electron chi connectivity index (χ3n) is 4.35. The molecular formula is C18H21NO. The van der Waals surface area contributed by atoms with Gasteiger partial charge in [0, 0.05) is 12.1 Å². The van der Waals surface area contributed by atoms with Gasteiger partial charge in [-0.25, -0.2) is 0 Å². The molecule has 1 aliphatic carbocycles. The molecule has 2 heteroatoms. The standard InChI is InChI=1S/C18H21NO/c1-12-6-3-4-7-14(12)13(2)19-17-11-10-16-15(17)8-5-9-18(16)20/h3-9,13,17,19-20H,10-11H2,1-2H3. The molecule has 2 aromatic rings. The van der Waals surface area contributed by atoms with Gasteiger partial charge in [-0.1, -0.05) is 36.4 Å². The number of benzene rings is 2. The Labute approximate surface area is 120 Å². The number of fused-ring (bicyclic) bond motifs is 1. The van der Waals surface area contributed by atoms with E-state index >= 15 is 0 Å². The summed E-state index contributed by atoms with van der Waals surface area (Å²) in [7, 11) is 0. The van der Waals surface area contributed by atoms with Crippen molar-refractivity contribution >= 4 is 0 Å². The number of nitrogens with one attached hydrogen (secondary N) is 1. The van der Waals surface area contributed by atoms with Gasteiger partial charge >= 0.3 is 0 Å². The zero-order valence-corrected chi connectivity index (χ0v) is 12.1. The van der Waals surface area contributed by atoms with Gasteiger partial charge in [-0.3, -0.25) is 0 Å². The number of phenols is 1. The molecule has 0 fully saturated rings. The first-order valence-electron chi connectivity index (χ1n) is 7.29. The summed E-state index contributed by atoms with van der Waals surface area (Å²) in [6.07, 6.45) is 2.02. The van der Waals surface area contributed by atoms with Gasteiger partial charge in [0.2, 0.25) is 0 Å². The van der Waals surface area contributed by atoms with Gasteiger partial charge in [0.15, 0.2) is 0 Å². The highest BCUT2D eigenvalue weighted by molar-refractivity contribution is 5.44. The summed E-state index contributed by atoms with van der Waals surface area (Å²) in [5.74, 6) is 0.440. The van der Waals surface area contributed by atoms with Crippen LogP contribution in [0.15, 0.2) is 42.5 Å². The molecule has 104 valence electrons. The molecule has 0 saturated carbocycles. The fraction of sp³-hybridized carbons (Fsp3) is 0.333. The minimum atomic E-state index is 0.314. The summed E-state index contributed by atoms with van der Waals surface area (Å²) in [5.41, 5.74) is 5.04. The van der Waals surface area contributed by atoms with Crippen LogP contribution in [0.5, 0.6) is 5.75 Å². The van der Waals surface area contributed by atoms with Crippen molar-refractivity contribution < 1.29 is 5.11 Å². The summed E-state index contributed by atoms with van der Waals surface area (Å²) in [6, 6.07) is 15.0. The highest BCUT2D eigenvalue weighted by atomic mass is 16.3. The molecule has 0 aromatic heterocycles. The van der Waals surface area contributed by atoms with E-state index in [1.54, 1.807) is 6.07 Å². The van der Waals surface area contributed by atoms with Crippen LogP contribution < -0.4 is 5.32 Å². The van der Waals surface area contributed by atoms with E-state index in [9.17, 15) is 5.11 Å². The van der Waals surface area contributed by atoms with E-state index in [2.05, 4.69) is 49.5 Å². The molecule has 2 N–H and O–H groups in total.